The molecule has 1 aromatic carbocycles. The molecule has 1 aromatic rings. The molecule has 0 bridgehead atoms. The average molecular weight is 224 g/mol. The van der Waals surface area contributed by atoms with E-state index < -0.39 is 12.1 Å². The van der Waals surface area contributed by atoms with Crippen molar-refractivity contribution in [1.29, 1.82) is 0 Å². The van der Waals surface area contributed by atoms with E-state index in [4.69, 9.17) is 5.11 Å². The molecule has 0 aliphatic rings. The first-order chi connectivity index (χ1) is 7.57. The minimum absolute atomic E-state index is 0.0383. The Bertz CT molecular complexity index is 373. The van der Waals surface area contributed by atoms with Crippen molar-refractivity contribution in [3.63, 3.8) is 0 Å². The number of phenolic OH excluding ortho intramolecular Hbond substituents is 1. The molecule has 0 amide bonds. The Balaban J connectivity index is 3.04. The van der Waals surface area contributed by atoms with Gasteiger partial charge >= 0.3 is 5.97 Å². The van der Waals surface area contributed by atoms with Crippen molar-refractivity contribution >= 4 is 5.97 Å². The first-order valence-electron chi connectivity index (χ1n) is 5.31. The van der Waals surface area contributed by atoms with E-state index >= 15 is 0 Å². The van der Waals surface area contributed by atoms with Gasteiger partial charge in [0.15, 0.2) is 0 Å². The van der Waals surface area contributed by atoms with Crippen molar-refractivity contribution in [2.75, 3.05) is 0 Å². The lowest BCUT2D eigenvalue weighted by Crippen LogP contribution is -2.07. The highest BCUT2D eigenvalue weighted by atomic mass is 16.4. The third kappa shape index (κ3) is 2.73. The van der Waals surface area contributed by atoms with Gasteiger partial charge in [0.25, 0.3) is 0 Å². The largest absolute Gasteiger partial charge is 0.508 e. The minimum Gasteiger partial charge on any atom is -0.508 e. The number of carbonyl (C=O) groups is 1. The zero-order valence-electron chi connectivity index (χ0n) is 9.18. The van der Waals surface area contributed by atoms with E-state index in [1.54, 1.807) is 0 Å². The highest BCUT2D eigenvalue weighted by Gasteiger charge is 2.20. The molecule has 0 aromatic heterocycles. The number of phenols is 1. The van der Waals surface area contributed by atoms with E-state index in [9.17, 15) is 15.0 Å². The zero-order chi connectivity index (χ0) is 12.1. The molecule has 0 radical (unpaired) electrons. The van der Waals surface area contributed by atoms with Crippen LogP contribution in [-0.4, -0.2) is 21.3 Å². The predicted molar refractivity (Wildman–Crippen MR) is 59.6 cm³/mol. The number of hydrogen-bond acceptors (Lipinski definition) is 3. The van der Waals surface area contributed by atoms with Gasteiger partial charge in [0.1, 0.15) is 5.75 Å². The molecule has 0 aliphatic heterocycles. The summed E-state index contributed by atoms with van der Waals surface area (Å²) in [6, 6.07) is 4.22. The highest BCUT2D eigenvalue weighted by Crippen LogP contribution is 2.30. The monoisotopic (exact) mass is 224 g/mol. The number of carboxylic acids is 1. The van der Waals surface area contributed by atoms with Gasteiger partial charge in [-0.1, -0.05) is 25.8 Å². The molecule has 0 spiro atoms. The van der Waals surface area contributed by atoms with Gasteiger partial charge in [-0.25, -0.2) is 4.79 Å². The van der Waals surface area contributed by atoms with Crippen molar-refractivity contribution in [2.45, 2.75) is 32.3 Å². The number of benzene rings is 1. The second-order valence-corrected chi connectivity index (χ2v) is 3.70. The van der Waals surface area contributed by atoms with E-state index in [0.717, 1.165) is 12.8 Å². The summed E-state index contributed by atoms with van der Waals surface area (Å²) in [4.78, 5) is 10.9. The fraction of sp³-hybridized carbons (Fsp3) is 0.417. The Morgan fingerprint density at radius 3 is 2.69 bits per heavy atom. The molecule has 0 saturated carbocycles. The van der Waals surface area contributed by atoms with Gasteiger partial charge < -0.3 is 15.3 Å². The Labute approximate surface area is 94.2 Å². The van der Waals surface area contributed by atoms with Crippen LogP contribution in [0.4, 0.5) is 0 Å². The third-order valence-corrected chi connectivity index (χ3v) is 2.48. The molecule has 1 unspecified atom stereocenters. The summed E-state index contributed by atoms with van der Waals surface area (Å²) in [5.74, 6) is -1.30. The van der Waals surface area contributed by atoms with Gasteiger partial charge in [0.05, 0.1) is 11.7 Å². The van der Waals surface area contributed by atoms with E-state index in [1.165, 1.54) is 18.2 Å². The number of unbranched alkanes of at least 4 members (excludes halogenated alkanes) is 1. The quantitative estimate of drug-likeness (QED) is 0.717. The summed E-state index contributed by atoms with van der Waals surface area (Å²) >= 11 is 0. The van der Waals surface area contributed by atoms with E-state index in [-0.39, 0.29) is 16.9 Å². The van der Waals surface area contributed by atoms with Crippen LogP contribution in [0.25, 0.3) is 0 Å². The smallest absolute Gasteiger partial charge is 0.336 e. The Kier molecular flexibility index (Phi) is 4.31. The number of carboxylic acid groups (broad SMARTS) is 1. The molecule has 1 rings (SSSR count). The maximum Gasteiger partial charge on any atom is 0.336 e. The number of aliphatic hydroxyl groups excluding tert-OH is 1. The van der Waals surface area contributed by atoms with Crippen LogP contribution >= 0.6 is 0 Å². The van der Waals surface area contributed by atoms with Crippen LogP contribution in [0, 0.1) is 0 Å². The fourth-order valence-corrected chi connectivity index (χ4v) is 1.63. The molecule has 0 aliphatic carbocycles. The molecule has 88 valence electrons. The van der Waals surface area contributed by atoms with E-state index in [2.05, 4.69) is 0 Å². The van der Waals surface area contributed by atoms with Gasteiger partial charge in [0, 0.05) is 5.56 Å². The molecule has 0 heterocycles. The normalized spacial score (nSPS) is 12.4. The number of aliphatic hydroxyl groups is 1. The van der Waals surface area contributed by atoms with Crippen molar-refractivity contribution in [1.82, 2.24) is 0 Å². The van der Waals surface area contributed by atoms with Crippen LogP contribution in [0.1, 0.15) is 48.2 Å². The average Bonchev–Trinajstić information content (AvgIpc) is 2.25. The third-order valence-electron chi connectivity index (χ3n) is 2.48. The first kappa shape index (κ1) is 12.5. The lowest BCUT2D eigenvalue weighted by Gasteiger charge is -2.14. The SMILES string of the molecule is CCCCC(O)c1c(O)cccc1C(=O)O. The van der Waals surface area contributed by atoms with Crippen LogP contribution in [0.5, 0.6) is 5.75 Å². The molecule has 16 heavy (non-hydrogen) atoms. The molecular weight excluding hydrogens is 208 g/mol. The second kappa shape index (κ2) is 5.51. The summed E-state index contributed by atoms with van der Waals surface area (Å²) in [5, 5.41) is 28.4. The molecule has 4 heteroatoms. The maximum atomic E-state index is 10.9. The standard InChI is InChI=1S/C12H16O4/c1-2-3-6-9(13)11-8(12(15)16)5-4-7-10(11)14/h4-5,7,9,13-14H,2-3,6H2,1H3,(H,15,16). The highest BCUT2D eigenvalue weighted by molar-refractivity contribution is 5.90. The molecular formula is C12H16O4. The second-order valence-electron chi connectivity index (χ2n) is 3.70. The Morgan fingerprint density at radius 1 is 1.44 bits per heavy atom. The lowest BCUT2D eigenvalue weighted by atomic mass is 9.97. The summed E-state index contributed by atoms with van der Waals surface area (Å²) in [6.45, 7) is 1.98. The lowest BCUT2D eigenvalue weighted by molar-refractivity contribution is 0.0686. The van der Waals surface area contributed by atoms with Crippen LogP contribution in [-0.2, 0) is 0 Å². The van der Waals surface area contributed by atoms with Gasteiger partial charge in [-0.2, -0.15) is 0 Å². The van der Waals surface area contributed by atoms with Gasteiger partial charge in [-0.3, -0.25) is 0 Å². The molecule has 1 atom stereocenters. The topological polar surface area (TPSA) is 77.8 Å². The predicted octanol–water partition coefficient (Wildman–Crippen LogP) is 2.31. The number of aromatic carboxylic acids is 1. The maximum absolute atomic E-state index is 10.9. The fourth-order valence-electron chi connectivity index (χ4n) is 1.63. The van der Waals surface area contributed by atoms with Gasteiger partial charge in [-0.15, -0.1) is 0 Å². The van der Waals surface area contributed by atoms with Crippen molar-refractivity contribution < 1.29 is 20.1 Å². The summed E-state index contributed by atoms with van der Waals surface area (Å²) in [7, 11) is 0. The number of rotatable bonds is 5. The van der Waals surface area contributed by atoms with E-state index in [0.29, 0.717) is 6.42 Å². The van der Waals surface area contributed by atoms with Gasteiger partial charge in [-0.05, 0) is 18.6 Å². The van der Waals surface area contributed by atoms with Gasteiger partial charge in [0.2, 0.25) is 0 Å². The number of hydrogen-bond donors (Lipinski definition) is 3. The Hall–Kier alpha value is -1.55. The summed E-state index contributed by atoms with van der Waals surface area (Å²) in [5.41, 5.74) is 0.0760. The van der Waals surface area contributed by atoms with Crippen LogP contribution in [0.15, 0.2) is 18.2 Å². The van der Waals surface area contributed by atoms with E-state index in [1.807, 2.05) is 6.92 Å². The molecule has 0 saturated heterocycles. The first-order valence-corrected chi connectivity index (χ1v) is 5.31. The minimum atomic E-state index is -1.14. The zero-order valence-corrected chi connectivity index (χ0v) is 9.18. The van der Waals surface area contributed by atoms with Crippen molar-refractivity contribution in [2.24, 2.45) is 0 Å². The molecule has 4 nitrogen and oxygen atoms in total. The summed E-state index contributed by atoms with van der Waals surface area (Å²) < 4.78 is 0. The summed E-state index contributed by atoms with van der Waals surface area (Å²) in [6.07, 6.45) is 1.22. The van der Waals surface area contributed by atoms with Crippen LogP contribution in [0.3, 0.4) is 0 Å². The Morgan fingerprint density at radius 2 is 2.12 bits per heavy atom. The number of aromatic hydroxyl groups is 1. The molecule has 0 fully saturated rings. The van der Waals surface area contributed by atoms with Crippen LogP contribution in [0.2, 0.25) is 0 Å². The van der Waals surface area contributed by atoms with Crippen molar-refractivity contribution in [3.8, 4) is 5.75 Å². The van der Waals surface area contributed by atoms with Crippen LogP contribution < -0.4 is 0 Å². The molecule has 3 N–H and O–H groups in total. The van der Waals surface area contributed by atoms with Crippen molar-refractivity contribution in [3.05, 3.63) is 29.3 Å².